The van der Waals surface area contributed by atoms with Crippen molar-refractivity contribution in [3.63, 3.8) is 0 Å². The Kier molecular flexibility index (Phi) is 6.67. The molecule has 0 aliphatic rings. The highest BCUT2D eigenvalue weighted by Gasteiger charge is 2.08. The van der Waals surface area contributed by atoms with E-state index in [-0.39, 0.29) is 12.5 Å². The highest BCUT2D eigenvalue weighted by atomic mass is 16.5. The molecule has 96 valence electrons. The van der Waals surface area contributed by atoms with Crippen molar-refractivity contribution in [1.82, 2.24) is 0 Å². The Hall–Kier alpha value is -1.06. The van der Waals surface area contributed by atoms with Crippen LogP contribution < -0.4 is 4.74 Å². The van der Waals surface area contributed by atoms with Gasteiger partial charge in [0.05, 0.1) is 7.11 Å². The molecule has 0 saturated heterocycles. The minimum atomic E-state index is 0.207. The zero-order chi connectivity index (χ0) is 12.5. The fourth-order valence-electron chi connectivity index (χ4n) is 1.75. The number of aliphatic hydroxyl groups is 1. The first-order valence-corrected chi connectivity index (χ1v) is 6.11. The molecule has 0 amide bonds. The zero-order valence-corrected chi connectivity index (χ0v) is 10.7. The van der Waals surface area contributed by atoms with Crippen molar-refractivity contribution in [2.45, 2.75) is 19.8 Å². The topological polar surface area (TPSA) is 38.7 Å². The SMILES string of the molecule is CCOCCC(CO)Cc1ccc(OC)cc1. The van der Waals surface area contributed by atoms with E-state index < -0.39 is 0 Å². The fraction of sp³-hybridized carbons (Fsp3) is 0.571. The first-order chi connectivity index (χ1) is 8.30. The highest BCUT2D eigenvalue weighted by Crippen LogP contribution is 2.16. The maximum absolute atomic E-state index is 9.31. The fourth-order valence-corrected chi connectivity index (χ4v) is 1.75. The second-order valence-corrected chi connectivity index (χ2v) is 4.09. The molecule has 1 atom stereocenters. The Balaban J connectivity index is 2.43. The summed E-state index contributed by atoms with van der Waals surface area (Å²) >= 11 is 0. The molecular weight excluding hydrogens is 216 g/mol. The van der Waals surface area contributed by atoms with Crippen LogP contribution in [0.4, 0.5) is 0 Å². The van der Waals surface area contributed by atoms with Gasteiger partial charge in [0.2, 0.25) is 0 Å². The molecule has 0 aliphatic heterocycles. The summed E-state index contributed by atoms with van der Waals surface area (Å²) in [6.45, 7) is 3.65. The molecule has 1 N–H and O–H groups in total. The number of aliphatic hydroxyl groups excluding tert-OH is 1. The van der Waals surface area contributed by atoms with Crippen molar-refractivity contribution in [2.24, 2.45) is 5.92 Å². The van der Waals surface area contributed by atoms with Crippen LogP contribution in [0.5, 0.6) is 5.75 Å². The van der Waals surface area contributed by atoms with Crippen molar-refractivity contribution in [3.8, 4) is 5.75 Å². The first-order valence-electron chi connectivity index (χ1n) is 6.11. The average molecular weight is 238 g/mol. The highest BCUT2D eigenvalue weighted by molar-refractivity contribution is 5.27. The molecule has 3 heteroatoms. The summed E-state index contributed by atoms with van der Waals surface area (Å²) in [5.74, 6) is 1.14. The summed E-state index contributed by atoms with van der Waals surface area (Å²) in [5.41, 5.74) is 1.22. The Morgan fingerprint density at radius 2 is 1.94 bits per heavy atom. The molecule has 0 radical (unpaired) electrons. The van der Waals surface area contributed by atoms with Gasteiger partial charge in [0.15, 0.2) is 0 Å². The maximum atomic E-state index is 9.31. The van der Waals surface area contributed by atoms with Gasteiger partial charge < -0.3 is 14.6 Å². The number of ether oxygens (including phenoxy) is 2. The number of benzene rings is 1. The average Bonchev–Trinajstić information content (AvgIpc) is 2.38. The summed E-state index contributed by atoms with van der Waals surface area (Å²) in [7, 11) is 1.66. The van der Waals surface area contributed by atoms with Crippen LogP contribution in [0.3, 0.4) is 0 Å². The summed E-state index contributed by atoms with van der Waals surface area (Å²) in [5, 5.41) is 9.31. The minimum absolute atomic E-state index is 0.207. The molecule has 1 aromatic carbocycles. The van der Waals surface area contributed by atoms with Crippen molar-refractivity contribution >= 4 is 0 Å². The Morgan fingerprint density at radius 3 is 2.47 bits per heavy atom. The van der Waals surface area contributed by atoms with Crippen molar-refractivity contribution in [3.05, 3.63) is 29.8 Å². The van der Waals surface area contributed by atoms with Gasteiger partial charge in [-0.05, 0) is 43.4 Å². The lowest BCUT2D eigenvalue weighted by Gasteiger charge is -2.14. The second kappa shape index (κ2) is 8.09. The number of rotatable bonds is 8. The van der Waals surface area contributed by atoms with E-state index in [2.05, 4.69) is 0 Å². The molecule has 0 fully saturated rings. The molecule has 3 nitrogen and oxygen atoms in total. The predicted octanol–water partition coefficient (Wildman–Crippen LogP) is 2.27. The van der Waals surface area contributed by atoms with Crippen LogP contribution >= 0.6 is 0 Å². The van der Waals surface area contributed by atoms with Crippen LogP contribution in [-0.2, 0) is 11.2 Å². The Morgan fingerprint density at radius 1 is 1.24 bits per heavy atom. The molecule has 0 saturated carbocycles. The normalized spacial score (nSPS) is 12.4. The van der Waals surface area contributed by atoms with Gasteiger partial charge in [-0.3, -0.25) is 0 Å². The van der Waals surface area contributed by atoms with E-state index in [1.165, 1.54) is 5.56 Å². The minimum Gasteiger partial charge on any atom is -0.497 e. The van der Waals surface area contributed by atoms with Gasteiger partial charge in [-0.2, -0.15) is 0 Å². The standard InChI is InChI=1S/C14H22O3/c1-3-17-9-8-13(11-15)10-12-4-6-14(16-2)7-5-12/h4-7,13,15H,3,8-11H2,1-2H3. The molecular formula is C14H22O3. The third kappa shape index (κ3) is 5.20. The second-order valence-electron chi connectivity index (χ2n) is 4.09. The predicted molar refractivity (Wildman–Crippen MR) is 68.4 cm³/mol. The van der Waals surface area contributed by atoms with Crippen LogP contribution in [0.1, 0.15) is 18.9 Å². The first kappa shape index (κ1) is 14.0. The Bertz CT molecular complexity index is 295. The third-order valence-corrected chi connectivity index (χ3v) is 2.82. The molecule has 1 rings (SSSR count). The summed E-state index contributed by atoms with van der Waals surface area (Å²) < 4.78 is 10.4. The van der Waals surface area contributed by atoms with Gasteiger partial charge in [-0.1, -0.05) is 12.1 Å². The van der Waals surface area contributed by atoms with Gasteiger partial charge in [0.25, 0.3) is 0 Å². The van der Waals surface area contributed by atoms with Gasteiger partial charge in [0, 0.05) is 19.8 Å². The molecule has 0 spiro atoms. The summed E-state index contributed by atoms with van der Waals surface area (Å²) in [4.78, 5) is 0. The summed E-state index contributed by atoms with van der Waals surface area (Å²) in [6, 6.07) is 7.99. The number of methoxy groups -OCH3 is 1. The lowest BCUT2D eigenvalue weighted by atomic mass is 9.97. The van der Waals surface area contributed by atoms with E-state index in [4.69, 9.17) is 9.47 Å². The van der Waals surface area contributed by atoms with Gasteiger partial charge in [-0.15, -0.1) is 0 Å². The number of hydrogen-bond donors (Lipinski definition) is 1. The maximum Gasteiger partial charge on any atom is 0.118 e. The van der Waals surface area contributed by atoms with Crippen LogP contribution in [0, 0.1) is 5.92 Å². The lowest BCUT2D eigenvalue weighted by molar-refractivity contribution is 0.115. The molecule has 0 bridgehead atoms. The van der Waals surface area contributed by atoms with Crippen LogP contribution in [0.2, 0.25) is 0 Å². The number of hydrogen-bond acceptors (Lipinski definition) is 3. The van der Waals surface area contributed by atoms with E-state index in [1.807, 2.05) is 31.2 Å². The van der Waals surface area contributed by atoms with Crippen molar-refractivity contribution in [1.29, 1.82) is 0 Å². The molecule has 17 heavy (non-hydrogen) atoms. The Labute approximate surface area is 103 Å². The third-order valence-electron chi connectivity index (χ3n) is 2.82. The monoisotopic (exact) mass is 238 g/mol. The van der Waals surface area contributed by atoms with Crippen molar-refractivity contribution in [2.75, 3.05) is 26.9 Å². The zero-order valence-electron chi connectivity index (χ0n) is 10.7. The van der Waals surface area contributed by atoms with Crippen LogP contribution in [-0.4, -0.2) is 32.0 Å². The molecule has 0 aliphatic carbocycles. The molecule has 1 unspecified atom stereocenters. The van der Waals surface area contributed by atoms with E-state index in [9.17, 15) is 5.11 Å². The summed E-state index contributed by atoms with van der Waals surface area (Å²) in [6.07, 6.45) is 1.78. The molecule has 0 aromatic heterocycles. The smallest absolute Gasteiger partial charge is 0.118 e. The van der Waals surface area contributed by atoms with Gasteiger partial charge in [-0.25, -0.2) is 0 Å². The van der Waals surface area contributed by atoms with Crippen molar-refractivity contribution < 1.29 is 14.6 Å². The lowest BCUT2D eigenvalue weighted by Crippen LogP contribution is -2.12. The van der Waals surface area contributed by atoms with E-state index in [0.29, 0.717) is 0 Å². The largest absolute Gasteiger partial charge is 0.497 e. The van der Waals surface area contributed by atoms with E-state index >= 15 is 0 Å². The van der Waals surface area contributed by atoms with E-state index in [1.54, 1.807) is 7.11 Å². The van der Waals surface area contributed by atoms with Crippen LogP contribution in [0.15, 0.2) is 24.3 Å². The molecule has 0 heterocycles. The van der Waals surface area contributed by atoms with E-state index in [0.717, 1.165) is 31.8 Å². The van der Waals surface area contributed by atoms with Gasteiger partial charge >= 0.3 is 0 Å². The molecule has 1 aromatic rings. The quantitative estimate of drug-likeness (QED) is 0.706. The van der Waals surface area contributed by atoms with Crippen LogP contribution in [0.25, 0.3) is 0 Å². The van der Waals surface area contributed by atoms with Gasteiger partial charge in [0.1, 0.15) is 5.75 Å².